The Balaban J connectivity index is 1.97. The second kappa shape index (κ2) is 7.55. The lowest BCUT2D eigenvalue weighted by Gasteiger charge is -2.19. The van der Waals surface area contributed by atoms with Crippen molar-refractivity contribution >= 4 is 10.0 Å². The molecule has 0 heterocycles. The smallest absolute Gasteiger partial charge is 0.272 e. The zero-order valence-electron chi connectivity index (χ0n) is 13.2. The lowest BCUT2D eigenvalue weighted by Crippen LogP contribution is -2.34. The maximum absolute atomic E-state index is 12.4. The van der Waals surface area contributed by atoms with Gasteiger partial charge < -0.3 is 9.64 Å². The molecule has 8 heteroatoms. The summed E-state index contributed by atoms with van der Waals surface area (Å²) in [4.78, 5) is 2.21. The average Bonchev–Trinajstić information content (AvgIpc) is 2.93. The number of hydrogen-bond acceptors (Lipinski definition) is 4. The minimum absolute atomic E-state index is 0.0813. The molecule has 0 saturated heterocycles. The van der Waals surface area contributed by atoms with Crippen molar-refractivity contribution in [3.8, 4) is 5.75 Å². The number of alkyl halides is 2. The number of ether oxygens (including phenoxy) is 1. The molecule has 0 aliphatic heterocycles. The van der Waals surface area contributed by atoms with E-state index in [0.29, 0.717) is 6.04 Å². The molecule has 0 bridgehead atoms. The number of benzene rings is 1. The Morgan fingerprint density at radius 2 is 1.91 bits per heavy atom. The van der Waals surface area contributed by atoms with Crippen molar-refractivity contribution in [1.29, 1.82) is 0 Å². The van der Waals surface area contributed by atoms with Gasteiger partial charge in [-0.1, -0.05) is 0 Å². The highest BCUT2D eigenvalue weighted by Gasteiger charge is 2.29. The molecule has 1 aliphatic rings. The van der Waals surface area contributed by atoms with Gasteiger partial charge in [0.15, 0.2) is 0 Å². The minimum Gasteiger partial charge on any atom is -0.488 e. The predicted molar refractivity (Wildman–Crippen MR) is 83.4 cm³/mol. The van der Waals surface area contributed by atoms with Crippen molar-refractivity contribution < 1.29 is 21.9 Å². The van der Waals surface area contributed by atoms with Crippen molar-refractivity contribution in [2.75, 3.05) is 20.7 Å². The van der Waals surface area contributed by atoms with Crippen molar-refractivity contribution in [2.24, 2.45) is 0 Å². The molecular weight excluding hydrogens is 326 g/mol. The first-order chi connectivity index (χ1) is 10.8. The Labute approximate surface area is 135 Å². The van der Waals surface area contributed by atoms with Gasteiger partial charge in [-0.05, 0) is 57.6 Å². The zero-order chi connectivity index (χ0) is 17.0. The molecule has 1 N–H and O–H groups in total. The van der Waals surface area contributed by atoms with Gasteiger partial charge in [0.1, 0.15) is 12.4 Å². The number of nitrogens with one attached hydrogen (secondary N) is 1. The summed E-state index contributed by atoms with van der Waals surface area (Å²) in [6, 6.07) is 5.79. The number of sulfonamides is 1. The molecule has 0 spiro atoms. The topological polar surface area (TPSA) is 58.6 Å². The van der Waals surface area contributed by atoms with Crippen LogP contribution in [-0.4, -0.2) is 52.5 Å². The molecule has 2 atom stereocenters. The van der Waals surface area contributed by atoms with E-state index in [0.717, 1.165) is 19.3 Å². The lowest BCUT2D eigenvalue weighted by atomic mass is 10.2. The summed E-state index contributed by atoms with van der Waals surface area (Å²) in [5.74, 6) is 0.220. The molecule has 0 radical (unpaired) electrons. The molecule has 130 valence electrons. The molecule has 1 aliphatic carbocycles. The summed E-state index contributed by atoms with van der Waals surface area (Å²) in [6.45, 7) is -0.710. The van der Waals surface area contributed by atoms with Gasteiger partial charge in [0.05, 0.1) is 4.90 Å². The van der Waals surface area contributed by atoms with Crippen molar-refractivity contribution in [3.63, 3.8) is 0 Å². The first-order valence-corrected chi connectivity index (χ1v) is 8.96. The van der Waals surface area contributed by atoms with Crippen LogP contribution < -0.4 is 9.46 Å². The Bertz CT molecular complexity index is 606. The summed E-state index contributed by atoms with van der Waals surface area (Å²) in [6.07, 6.45) is -0.0212. The van der Waals surface area contributed by atoms with Crippen molar-refractivity contribution in [1.82, 2.24) is 9.62 Å². The Morgan fingerprint density at radius 3 is 2.43 bits per heavy atom. The molecule has 5 nitrogen and oxygen atoms in total. The van der Waals surface area contributed by atoms with Crippen LogP contribution in [0.4, 0.5) is 8.78 Å². The van der Waals surface area contributed by atoms with E-state index in [1.54, 1.807) is 0 Å². The molecule has 0 amide bonds. The van der Waals surface area contributed by atoms with Crippen LogP contribution in [0.15, 0.2) is 29.2 Å². The number of halogens is 2. The van der Waals surface area contributed by atoms with Gasteiger partial charge in [-0.15, -0.1) is 0 Å². The van der Waals surface area contributed by atoms with E-state index in [9.17, 15) is 17.2 Å². The molecule has 1 fully saturated rings. The second-order valence-corrected chi connectivity index (χ2v) is 7.64. The quantitative estimate of drug-likeness (QED) is 0.820. The molecule has 0 unspecified atom stereocenters. The molecule has 1 aromatic rings. The van der Waals surface area contributed by atoms with Gasteiger partial charge in [0.2, 0.25) is 10.0 Å². The fourth-order valence-corrected chi connectivity index (χ4v) is 3.98. The van der Waals surface area contributed by atoms with E-state index >= 15 is 0 Å². The summed E-state index contributed by atoms with van der Waals surface area (Å²) in [7, 11) is 0.358. The van der Waals surface area contributed by atoms with E-state index in [-0.39, 0.29) is 16.7 Å². The summed E-state index contributed by atoms with van der Waals surface area (Å²) in [5, 5.41) is 0. The maximum atomic E-state index is 12.4. The van der Waals surface area contributed by atoms with Crippen LogP contribution in [-0.2, 0) is 10.0 Å². The lowest BCUT2D eigenvalue weighted by molar-refractivity contribution is 0.0819. The molecule has 2 rings (SSSR count). The molecule has 1 aromatic carbocycles. The summed E-state index contributed by atoms with van der Waals surface area (Å²) in [5.41, 5.74) is 0. The third-order valence-corrected chi connectivity index (χ3v) is 5.50. The van der Waals surface area contributed by atoms with Gasteiger partial charge in [-0.3, -0.25) is 0 Å². The first-order valence-electron chi connectivity index (χ1n) is 7.47. The van der Waals surface area contributed by atoms with E-state index in [1.165, 1.54) is 24.3 Å². The average molecular weight is 348 g/mol. The van der Waals surface area contributed by atoms with E-state index in [4.69, 9.17) is 4.74 Å². The summed E-state index contributed by atoms with van der Waals surface area (Å²) < 4.78 is 56.4. The van der Waals surface area contributed by atoms with Gasteiger partial charge in [-0.25, -0.2) is 21.9 Å². The van der Waals surface area contributed by atoms with Gasteiger partial charge in [-0.2, -0.15) is 0 Å². The van der Waals surface area contributed by atoms with E-state index < -0.39 is 23.1 Å². The van der Waals surface area contributed by atoms with Crippen molar-refractivity contribution in [3.05, 3.63) is 24.3 Å². The zero-order valence-corrected chi connectivity index (χ0v) is 14.0. The van der Waals surface area contributed by atoms with Crippen LogP contribution in [0.2, 0.25) is 0 Å². The first kappa shape index (κ1) is 18.1. The normalized spacial score (nSPS) is 22.0. The van der Waals surface area contributed by atoms with Gasteiger partial charge in [0.25, 0.3) is 6.43 Å². The fourth-order valence-electron chi connectivity index (χ4n) is 2.70. The predicted octanol–water partition coefficient (Wildman–Crippen LogP) is 2.09. The summed E-state index contributed by atoms with van der Waals surface area (Å²) >= 11 is 0. The molecule has 0 aromatic heterocycles. The highest BCUT2D eigenvalue weighted by Crippen LogP contribution is 2.24. The Morgan fingerprint density at radius 1 is 1.26 bits per heavy atom. The SMILES string of the molecule is CN(C)[C@H]1CC[C@H](NS(=O)(=O)c2ccc(OCC(F)F)cc2)C1. The van der Waals surface area contributed by atoms with E-state index in [1.807, 2.05) is 14.1 Å². The Hall–Kier alpha value is -1.25. The highest BCUT2D eigenvalue weighted by atomic mass is 32.2. The van der Waals surface area contributed by atoms with Crippen LogP contribution in [0.1, 0.15) is 19.3 Å². The second-order valence-electron chi connectivity index (χ2n) is 5.92. The standard InChI is InChI=1S/C15H22F2N2O3S/c1-19(2)12-4-3-11(9-12)18-23(20,21)14-7-5-13(6-8-14)22-10-15(16)17/h5-8,11-12,15,18H,3-4,9-10H2,1-2H3/t11-,12-/m0/s1. The third kappa shape index (κ3) is 5.12. The Kier molecular flexibility index (Phi) is 5.94. The molecular formula is C15H22F2N2O3S. The van der Waals surface area contributed by atoms with Crippen LogP contribution in [0, 0.1) is 0 Å². The number of nitrogens with zero attached hydrogens (tertiary/aromatic N) is 1. The highest BCUT2D eigenvalue weighted by molar-refractivity contribution is 7.89. The largest absolute Gasteiger partial charge is 0.488 e. The maximum Gasteiger partial charge on any atom is 0.272 e. The van der Waals surface area contributed by atoms with Gasteiger partial charge in [0, 0.05) is 12.1 Å². The monoisotopic (exact) mass is 348 g/mol. The van der Waals surface area contributed by atoms with Crippen LogP contribution >= 0.6 is 0 Å². The number of hydrogen-bond donors (Lipinski definition) is 1. The molecule has 1 saturated carbocycles. The third-order valence-electron chi connectivity index (χ3n) is 3.97. The molecule has 23 heavy (non-hydrogen) atoms. The van der Waals surface area contributed by atoms with Crippen LogP contribution in [0.5, 0.6) is 5.75 Å². The number of rotatable bonds is 7. The van der Waals surface area contributed by atoms with Crippen LogP contribution in [0.25, 0.3) is 0 Å². The fraction of sp³-hybridized carbons (Fsp3) is 0.600. The van der Waals surface area contributed by atoms with E-state index in [2.05, 4.69) is 9.62 Å². The minimum atomic E-state index is -3.61. The van der Waals surface area contributed by atoms with Crippen LogP contribution in [0.3, 0.4) is 0 Å². The van der Waals surface area contributed by atoms with Crippen molar-refractivity contribution in [2.45, 2.75) is 42.7 Å². The van der Waals surface area contributed by atoms with Gasteiger partial charge >= 0.3 is 0 Å².